The van der Waals surface area contributed by atoms with Gasteiger partial charge < -0.3 is 16.4 Å². The monoisotopic (exact) mass is 608 g/mol. The average Bonchev–Trinajstić information content (AvgIpc) is 2.87. The number of rotatable bonds is 9. The van der Waals surface area contributed by atoms with Gasteiger partial charge in [-0.2, -0.15) is 13.2 Å². The molecule has 0 spiro atoms. The maximum absolute atomic E-state index is 14.1. The van der Waals surface area contributed by atoms with Crippen LogP contribution < -0.4 is 16.4 Å². The fourth-order valence-electron chi connectivity index (χ4n) is 4.43. The number of alkyl halides is 3. The molecule has 2 amide bonds. The first-order valence-corrected chi connectivity index (χ1v) is 14.6. The summed E-state index contributed by atoms with van der Waals surface area (Å²) in [4.78, 5) is 26.2. The Labute approximate surface area is 234 Å². The summed E-state index contributed by atoms with van der Waals surface area (Å²) in [6.45, 7) is 1.70. The Balaban J connectivity index is 1.84. The molecule has 39 heavy (non-hydrogen) atoms. The van der Waals surface area contributed by atoms with Gasteiger partial charge in [-0.3, -0.25) is 14.5 Å². The molecule has 0 radical (unpaired) electrons. The molecule has 0 saturated carbocycles. The third-order valence-corrected chi connectivity index (χ3v) is 8.78. The standard InChI is InChI=1S/C25H29Cl2F3N4O4S/c1-2-39(37,38)22-6-5-17(26)8-16(22)12-32-24(36)15-9-20(25(28,29)30)19(21(27)10-15)14-34-7-3-4-18(13-34)33-23(35)11-31/h5-6,8-10,18H,2-4,7,11-14,31H2,1H3,(H,32,36)(H,33,35)/t18-/m0/s1. The molecule has 14 heteroatoms. The van der Waals surface area contributed by atoms with Gasteiger partial charge in [0.25, 0.3) is 5.91 Å². The molecule has 1 fully saturated rings. The van der Waals surface area contributed by atoms with E-state index in [0.717, 1.165) is 12.1 Å². The minimum atomic E-state index is -4.80. The summed E-state index contributed by atoms with van der Waals surface area (Å²) in [6, 6.07) is 5.74. The molecule has 1 saturated heterocycles. The summed E-state index contributed by atoms with van der Waals surface area (Å²) >= 11 is 12.3. The van der Waals surface area contributed by atoms with Crippen LogP contribution in [0.3, 0.4) is 0 Å². The predicted molar refractivity (Wildman–Crippen MR) is 142 cm³/mol. The van der Waals surface area contributed by atoms with Crippen molar-refractivity contribution in [3.8, 4) is 0 Å². The number of amides is 2. The first kappa shape index (κ1) is 31.2. The quantitative estimate of drug-likeness (QED) is 0.398. The van der Waals surface area contributed by atoms with Crippen molar-refractivity contribution in [1.82, 2.24) is 15.5 Å². The molecule has 8 nitrogen and oxygen atoms in total. The number of hydrogen-bond acceptors (Lipinski definition) is 6. The van der Waals surface area contributed by atoms with Crippen LogP contribution in [0.2, 0.25) is 10.0 Å². The van der Waals surface area contributed by atoms with E-state index in [1.165, 1.54) is 25.1 Å². The molecule has 3 rings (SSSR count). The number of nitrogens with two attached hydrogens (primary N) is 1. The van der Waals surface area contributed by atoms with Gasteiger partial charge in [0.2, 0.25) is 5.91 Å². The lowest BCUT2D eigenvalue weighted by atomic mass is 10.00. The Kier molecular flexibility index (Phi) is 10.3. The normalized spacial score (nSPS) is 16.6. The summed E-state index contributed by atoms with van der Waals surface area (Å²) in [5.74, 6) is -1.39. The summed E-state index contributed by atoms with van der Waals surface area (Å²) in [5, 5.41) is 5.23. The number of hydrogen-bond donors (Lipinski definition) is 3. The number of carbonyl (C=O) groups excluding carboxylic acids is 2. The lowest BCUT2D eigenvalue weighted by Gasteiger charge is -2.34. The lowest BCUT2D eigenvalue weighted by molar-refractivity contribution is -0.138. The molecular weight excluding hydrogens is 580 g/mol. The highest BCUT2D eigenvalue weighted by Gasteiger charge is 2.36. The van der Waals surface area contributed by atoms with Crippen LogP contribution in [0.25, 0.3) is 0 Å². The van der Waals surface area contributed by atoms with E-state index in [0.29, 0.717) is 25.9 Å². The molecule has 0 aromatic heterocycles. The maximum atomic E-state index is 14.1. The number of piperidine rings is 1. The fraction of sp³-hybridized carbons (Fsp3) is 0.440. The van der Waals surface area contributed by atoms with Crippen molar-refractivity contribution in [2.45, 2.75) is 50.0 Å². The molecule has 0 bridgehead atoms. The molecule has 1 aliphatic rings. The van der Waals surface area contributed by atoms with Crippen LogP contribution in [-0.4, -0.2) is 56.6 Å². The highest BCUT2D eigenvalue weighted by molar-refractivity contribution is 7.91. The first-order chi connectivity index (χ1) is 18.2. The Morgan fingerprint density at radius 1 is 1.18 bits per heavy atom. The topological polar surface area (TPSA) is 122 Å². The number of sulfone groups is 1. The summed E-state index contributed by atoms with van der Waals surface area (Å²) < 4.78 is 67.0. The van der Waals surface area contributed by atoms with Gasteiger partial charge in [-0.25, -0.2) is 8.42 Å². The number of carbonyl (C=O) groups is 2. The van der Waals surface area contributed by atoms with E-state index in [2.05, 4.69) is 10.6 Å². The van der Waals surface area contributed by atoms with E-state index in [4.69, 9.17) is 28.9 Å². The largest absolute Gasteiger partial charge is 0.416 e. The Bertz CT molecular complexity index is 1340. The predicted octanol–water partition coefficient (Wildman–Crippen LogP) is 3.78. The lowest BCUT2D eigenvalue weighted by Crippen LogP contribution is -2.48. The SMILES string of the molecule is CCS(=O)(=O)c1ccc(Cl)cc1CNC(=O)c1cc(Cl)c(CN2CCC[C@H](NC(=O)CN)C2)c(C(F)(F)F)c1. The molecule has 4 N–H and O–H groups in total. The van der Waals surface area contributed by atoms with E-state index < -0.39 is 27.5 Å². The van der Waals surface area contributed by atoms with Crippen LogP contribution >= 0.6 is 23.2 Å². The van der Waals surface area contributed by atoms with E-state index in [9.17, 15) is 31.2 Å². The van der Waals surface area contributed by atoms with Gasteiger partial charge in [0.15, 0.2) is 9.84 Å². The second-order valence-corrected chi connectivity index (χ2v) is 12.3. The highest BCUT2D eigenvalue weighted by Crippen LogP contribution is 2.37. The van der Waals surface area contributed by atoms with Crippen molar-refractivity contribution in [2.24, 2.45) is 5.73 Å². The third kappa shape index (κ3) is 8.07. The van der Waals surface area contributed by atoms with Crippen LogP contribution in [0, 0.1) is 0 Å². The van der Waals surface area contributed by atoms with Crippen molar-refractivity contribution in [3.05, 3.63) is 62.6 Å². The molecule has 0 aliphatic carbocycles. The van der Waals surface area contributed by atoms with Crippen molar-refractivity contribution in [1.29, 1.82) is 0 Å². The zero-order valence-electron chi connectivity index (χ0n) is 21.1. The van der Waals surface area contributed by atoms with Crippen LogP contribution in [0.1, 0.15) is 46.8 Å². The molecule has 1 aliphatic heterocycles. The van der Waals surface area contributed by atoms with E-state index in [1.54, 1.807) is 4.90 Å². The smallest absolute Gasteiger partial charge is 0.351 e. The summed E-state index contributed by atoms with van der Waals surface area (Å²) in [5.41, 5.74) is 3.98. The average molecular weight is 609 g/mol. The second kappa shape index (κ2) is 12.9. The van der Waals surface area contributed by atoms with Gasteiger partial charge in [-0.15, -0.1) is 0 Å². The van der Waals surface area contributed by atoms with Crippen molar-refractivity contribution in [2.75, 3.05) is 25.4 Å². The summed E-state index contributed by atoms with van der Waals surface area (Å²) in [7, 11) is -3.64. The van der Waals surface area contributed by atoms with Crippen LogP contribution in [0.4, 0.5) is 13.2 Å². The Morgan fingerprint density at radius 2 is 1.90 bits per heavy atom. The second-order valence-electron chi connectivity index (χ2n) is 9.17. The van der Waals surface area contributed by atoms with Crippen molar-refractivity contribution in [3.63, 3.8) is 0 Å². The fourth-order valence-corrected chi connectivity index (χ4v) is 6.02. The zero-order valence-corrected chi connectivity index (χ0v) is 23.4. The zero-order chi connectivity index (χ0) is 29.0. The van der Waals surface area contributed by atoms with Gasteiger partial charge in [0.1, 0.15) is 0 Å². The first-order valence-electron chi connectivity index (χ1n) is 12.2. The van der Waals surface area contributed by atoms with E-state index in [-0.39, 0.29) is 69.0 Å². The van der Waals surface area contributed by atoms with Crippen LogP contribution in [-0.2, 0) is 33.9 Å². The van der Waals surface area contributed by atoms with Crippen molar-refractivity contribution < 1.29 is 31.2 Å². The number of benzene rings is 2. The number of nitrogens with zero attached hydrogens (tertiary/aromatic N) is 1. The highest BCUT2D eigenvalue weighted by atomic mass is 35.5. The van der Waals surface area contributed by atoms with Crippen molar-refractivity contribution >= 4 is 44.9 Å². The maximum Gasteiger partial charge on any atom is 0.416 e. The minimum absolute atomic E-state index is 0.0263. The Morgan fingerprint density at radius 3 is 2.54 bits per heavy atom. The van der Waals surface area contributed by atoms with Gasteiger partial charge in [0, 0.05) is 41.3 Å². The van der Waals surface area contributed by atoms with Crippen LogP contribution in [0.15, 0.2) is 35.2 Å². The van der Waals surface area contributed by atoms with Gasteiger partial charge >= 0.3 is 6.18 Å². The molecule has 1 atom stereocenters. The molecule has 214 valence electrons. The molecule has 2 aromatic rings. The molecule has 0 unspecified atom stereocenters. The van der Waals surface area contributed by atoms with Gasteiger partial charge in [0.05, 0.1) is 22.8 Å². The number of likely N-dealkylation sites (tertiary alicyclic amines) is 1. The van der Waals surface area contributed by atoms with Crippen LogP contribution in [0.5, 0.6) is 0 Å². The van der Waals surface area contributed by atoms with Gasteiger partial charge in [-0.05, 0) is 60.8 Å². The number of nitrogens with one attached hydrogen (secondary N) is 2. The Hall–Kier alpha value is -2.38. The minimum Gasteiger partial charge on any atom is -0.351 e. The third-order valence-electron chi connectivity index (χ3n) is 6.38. The van der Waals surface area contributed by atoms with E-state index >= 15 is 0 Å². The molecule has 1 heterocycles. The molecular formula is C25H29Cl2F3N4O4S. The molecule has 2 aromatic carbocycles. The van der Waals surface area contributed by atoms with Gasteiger partial charge in [-0.1, -0.05) is 30.1 Å². The number of halogens is 5. The summed E-state index contributed by atoms with van der Waals surface area (Å²) in [6.07, 6.45) is -3.46. The van der Waals surface area contributed by atoms with E-state index in [1.807, 2.05) is 0 Å².